The largest absolute Gasteiger partial charge is 0.441 e. The fourth-order valence-corrected chi connectivity index (χ4v) is 6.19. The Morgan fingerprint density at radius 2 is 1.82 bits per heavy atom. The summed E-state index contributed by atoms with van der Waals surface area (Å²) in [5.41, 5.74) is 3.94. The lowest BCUT2D eigenvalue weighted by Crippen LogP contribution is -2.38. The second-order valence-electron chi connectivity index (χ2n) is 10.9. The van der Waals surface area contributed by atoms with E-state index >= 15 is 0 Å². The van der Waals surface area contributed by atoms with E-state index in [0.29, 0.717) is 28.9 Å². The molecule has 0 saturated heterocycles. The molecule has 1 aromatic heterocycles. The van der Waals surface area contributed by atoms with Gasteiger partial charge in [-0.05, 0) is 92.8 Å². The van der Waals surface area contributed by atoms with Gasteiger partial charge in [0.25, 0.3) is 5.91 Å². The molecule has 1 fully saturated rings. The van der Waals surface area contributed by atoms with Crippen molar-refractivity contribution in [3.63, 3.8) is 0 Å². The van der Waals surface area contributed by atoms with Crippen LogP contribution in [0, 0.1) is 12.8 Å². The standard InChI is InChI=1S/C30H37N3O5S.ClH/c1-21-31-20-29(37-21)25-4-3-5-26(18-25)30(34)32-27-9-6-22(7-10-27)12-15-33-16-13-23-8-11-28(38-39(2,35)36)19-24(23)14-17-33;/h3-5,8,11,18-20,22,27H,6-7,9-10,12-17H2,1-2H3,(H,32,34);1H. The van der Waals surface area contributed by atoms with Gasteiger partial charge in [-0.1, -0.05) is 18.2 Å². The number of oxazole rings is 1. The number of halogens is 1. The Labute approximate surface area is 243 Å². The van der Waals surface area contributed by atoms with Crippen LogP contribution in [-0.2, 0) is 23.0 Å². The normalized spacial score (nSPS) is 19.6. The van der Waals surface area contributed by atoms with Crippen molar-refractivity contribution >= 4 is 28.4 Å². The summed E-state index contributed by atoms with van der Waals surface area (Å²) in [6.45, 7) is 4.85. The molecule has 216 valence electrons. The SMILES string of the molecule is Cc1ncc(-c2cccc(C(=O)NC3CCC(CCN4CCc5ccc(OS(C)(=O)=O)cc5CC4)CC3)c2)o1.Cl. The molecule has 1 saturated carbocycles. The number of hydrogen-bond donors (Lipinski definition) is 1. The van der Waals surface area contributed by atoms with Crippen LogP contribution in [0.3, 0.4) is 0 Å². The Morgan fingerprint density at radius 3 is 2.52 bits per heavy atom. The number of nitrogens with one attached hydrogen (secondary N) is 1. The third kappa shape index (κ3) is 8.08. The van der Waals surface area contributed by atoms with E-state index in [0.717, 1.165) is 76.4 Å². The fourth-order valence-electron chi connectivity index (χ4n) is 5.74. The molecule has 0 bridgehead atoms. The van der Waals surface area contributed by atoms with E-state index in [2.05, 4.69) is 15.2 Å². The lowest BCUT2D eigenvalue weighted by molar-refractivity contribution is 0.0920. The third-order valence-electron chi connectivity index (χ3n) is 7.89. The molecule has 0 atom stereocenters. The Hall–Kier alpha value is -2.88. The van der Waals surface area contributed by atoms with E-state index in [-0.39, 0.29) is 24.4 Å². The third-order valence-corrected chi connectivity index (χ3v) is 8.38. The zero-order valence-corrected chi connectivity index (χ0v) is 24.7. The van der Waals surface area contributed by atoms with Crippen molar-refractivity contribution in [3.8, 4) is 17.1 Å². The van der Waals surface area contributed by atoms with Gasteiger partial charge in [0.15, 0.2) is 11.7 Å². The molecule has 1 aliphatic carbocycles. The topological polar surface area (TPSA) is 102 Å². The summed E-state index contributed by atoms with van der Waals surface area (Å²) in [6, 6.07) is 13.3. The van der Waals surface area contributed by atoms with Crippen LogP contribution in [0.25, 0.3) is 11.3 Å². The summed E-state index contributed by atoms with van der Waals surface area (Å²) in [5, 5.41) is 3.24. The maximum Gasteiger partial charge on any atom is 0.306 e. The van der Waals surface area contributed by atoms with Gasteiger partial charge in [0, 0.05) is 37.2 Å². The highest BCUT2D eigenvalue weighted by Crippen LogP contribution is 2.29. The maximum absolute atomic E-state index is 12.9. The van der Waals surface area contributed by atoms with Crippen LogP contribution in [0.5, 0.6) is 5.75 Å². The van der Waals surface area contributed by atoms with Gasteiger partial charge >= 0.3 is 10.1 Å². The number of fused-ring (bicyclic) bond motifs is 1. The van der Waals surface area contributed by atoms with Gasteiger partial charge < -0.3 is 18.8 Å². The van der Waals surface area contributed by atoms with E-state index < -0.39 is 10.1 Å². The van der Waals surface area contributed by atoms with E-state index in [1.807, 2.05) is 36.4 Å². The molecule has 10 heteroatoms. The number of nitrogens with zero attached hydrogens (tertiary/aromatic N) is 2. The van der Waals surface area contributed by atoms with E-state index in [9.17, 15) is 13.2 Å². The Balaban J connectivity index is 0.00000370. The molecular formula is C30H38ClN3O5S. The fraction of sp³-hybridized carbons (Fsp3) is 0.467. The van der Waals surface area contributed by atoms with Gasteiger partial charge in [0.2, 0.25) is 0 Å². The average molecular weight is 588 g/mol. The molecule has 1 amide bonds. The lowest BCUT2D eigenvalue weighted by atomic mass is 9.84. The van der Waals surface area contributed by atoms with E-state index in [4.69, 9.17) is 8.60 Å². The number of carbonyl (C=O) groups excluding carboxylic acids is 1. The van der Waals surface area contributed by atoms with Gasteiger partial charge in [0.1, 0.15) is 5.75 Å². The average Bonchev–Trinajstić information content (AvgIpc) is 3.24. The van der Waals surface area contributed by atoms with Crippen molar-refractivity contribution in [2.24, 2.45) is 5.92 Å². The number of carbonyl (C=O) groups is 1. The second-order valence-corrected chi connectivity index (χ2v) is 12.4. The second kappa shape index (κ2) is 13.2. The van der Waals surface area contributed by atoms with Crippen molar-refractivity contribution in [1.82, 2.24) is 15.2 Å². The van der Waals surface area contributed by atoms with Crippen LogP contribution in [-0.4, -0.2) is 56.1 Å². The summed E-state index contributed by atoms with van der Waals surface area (Å²) in [7, 11) is -3.52. The van der Waals surface area contributed by atoms with Crippen molar-refractivity contribution in [2.75, 3.05) is 25.9 Å². The summed E-state index contributed by atoms with van der Waals surface area (Å²) >= 11 is 0. The molecule has 2 aliphatic rings. The first-order valence-corrected chi connectivity index (χ1v) is 15.6. The van der Waals surface area contributed by atoms with Gasteiger partial charge in [-0.25, -0.2) is 4.98 Å². The van der Waals surface area contributed by atoms with Gasteiger partial charge in [-0.2, -0.15) is 8.42 Å². The molecule has 0 unspecified atom stereocenters. The Bertz CT molecular complexity index is 1420. The molecule has 40 heavy (non-hydrogen) atoms. The highest BCUT2D eigenvalue weighted by molar-refractivity contribution is 7.86. The van der Waals surface area contributed by atoms with Crippen LogP contribution in [0.4, 0.5) is 0 Å². The van der Waals surface area contributed by atoms with Crippen molar-refractivity contribution in [1.29, 1.82) is 0 Å². The molecule has 1 aliphatic heterocycles. The first kappa shape index (κ1) is 30.1. The summed E-state index contributed by atoms with van der Waals surface area (Å²) < 4.78 is 33.6. The van der Waals surface area contributed by atoms with Gasteiger partial charge in [-0.15, -0.1) is 12.4 Å². The number of aromatic nitrogens is 1. The molecule has 2 heterocycles. The molecule has 1 N–H and O–H groups in total. The number of aryl methyl sites for hydroxylation is 1. The van der Waals surface area contributed by atoms with Crippen molar-refractivity contribution < 1.29 is 21.8 Å². The van der Waals surface area contributed by atoms with Crippen molar-refractivity contribution in [3.05, 3.63) is 71.2 Å². The number of rotatable bonds is 8. The van der Waals surface area contributed by atoms with Gasteiger partial charge in [-0.3, -0.25) is 4.79 Å². The number of amides is 1. The van der Waals surface area contributed by atoms with Gasteiger partial charge in [0.05, 0.1) is 12.5 Å². The molecule has 3 aromatic rings. The predicted octanol–water partition coefficient (Wildman–Crippen LogP) is 5.19. The Kier molecular flexibility index (Phi) is 9.92. The minimum absolute atomic E-state index is 0. The molecule has 8 nitrogen and oxygen atoms in total. The maximum atomic E-state index is 12.9. The smallest absolute Gasteiger partial charge is 0.306 e. The van der Waals surface area contributed by atoms with Crippen LogP contribution in [0.2, 0.25) is 0 Å². The van der Waals surface area contributed by atoms with E-state index in [1.165, 1.54) is 11.1 Å². The van der Waals surface area contributed by atoms with Crippen LogP contribution in [0.15, 0.2) is 53.1 Å². The first-order chi connectivity index (χ1) is 18.7. The molecule has 2 aromatic carbocycles. The molecule has 5 rings (SSSR count). The van der Waals surface area contributed by atoms with Crippen LogP contribution < -0.4 is 9.50 Å². The molecular weight excluding hydrogens is 550 g/mol. The monoisotopic (exact) mass is 587 g/mol. The van der Waals surface area contributed by atoms with Crippen LogP contribution in [0.1, 0.15) is 59.5 Å². The minimum Gasteiger partial charge on any atom is -0.441 e. The van der Waals surface area contributed by atoms with Crippen molar-refractivity contribution in [2.45, 2.75) is 57.9 Å². The predicted molar refractivity (Wildman–Crippen MR) is 158 cm³/mol. The number of benzene rings is 2. The quantitative estimate of drug-likeness (QED) is 0.362. The number of hydrogen-bond acceptors (Lipinski definition) is 7. The minimum atomic E-state index is -3.52. The highest BCUT2D eigenvalue weighted by Gasteiger charge is 2.24. The van der Waals surface area contributed by atoms with Crippen LogP contribution >= 0.6 is 12.4 Å². The first-order valence-electron chi connectivity index (χ1n) is 13.8. The van der Waals surface area contributed by atoms with E-state index in [1.54, 1.807) is 19.2 Å². The Morgan fingerprint density at radius 1 is 1.07 bits per heavy atom. The zero-order chi connectivity index (χ0) is 27.4. The molecule has 0 spiro atoms. The summed E-state index contributed by atoms with van der Waals surface area (Å²) in [6.07, 6.45) is 10.0. The summed E-state index contributed by atoms with van der Waals surface area (Å²) in [4.78, 5) is 19.6. The molecule has 0 radical (unpaired) electrons. The lowest BCUT2D eigenvalue weighted by Gasteiger charge is -2.30. The summed E-state index contributed by atoms with van der Waals surface area (Å²) in [5.74, 6) is 2.31. The zero-order valence-electron chi connectivity index (χ0n) is 23.1. The highest BCUT2D eigenvalue weighted by atomic mass is 35.5.